The van der Waals surface area contributed by atoms with Crippen molar-refractivity contribution >= 4 is 28.8 Å². The molecule has 0 aliphatic carbocycles. The lowest BCUT2D eigenvalue weighted by atomic mass is 10.1. The summed E-state index contributed by atoms with van der Waals surface area (Å²) >= 11 is 0. The van der Waals surface area contributed by atoms with Gasteiger partial charge in [0.2, 0.25) is 0 Å². The number of carboxylic acids is 2. The molecule has 0 saturated heterocycles. The molecule has 0 spiro atoms. The van der Waals surface area contributed by atoms with E-state index in [2.05, 4.69) is 37.1 Å². The topological polar surface area (TPSA) is 138 Å². The van der Waals surface area contributed by atoms with E-state index < -0.39 is 24.5 Å². The van der Waals surface area contributed by atoms with Gasteiger partial charge in [0.05, 0.1) is 5.56 Å². The SMILES string of the molecule is Cc1cc2c(OCC(CNC(C)(C)C)OC(=O)c3ccccc3)cccc2[nH]1.O=C(O)CC(=O)O. The lowest BCUT2D eigenvalue weighted by Gasteiger charge is -2.25. The number of esters is 1. The van der Waals surface area contributed by atoms with Crippen LogP contribution in [0.1, 0.15) is 43.2 Å². The fourth-order valence-electron chi connectivity index (χ4n) is 3.05. The average molecular weight is 485 g/mol. The molecule has 1 aromatic heterocycles. The van der Waals surface area contributed by atoms with Gasteiger partial charge in [0.15, 0.2) is 0 Å². The maximum Gasteiger partial charge on any atom is 0.338 e. The van der Waals surface area contributed by atoms with Crippen molar-refractivity contribution in [2.75, 3.05) is 13.2 Å². The molecule has 0 saturated carbocycles. The number of H-pyrrole nitrogens is 1. The molecule has 0 amide bonds. The van der Waals surface area contributed by atoms with Crippen LogP contribution in [0.25, 0.3) is 10.9 Å². The molecule has 0 bridgehead atoms. The van der Waals surface area contributed by atoms with Crippen molar-refractivity contribution in [3.05, 3.63) is 65.9 Å². The standard InChI is InChI=1S/C23H28N2O3.C3H4O4/c1-16-13-19-20(25-16)11-8-12-21(19)27-15-18(14-24-23(2,3)4)28-22(26)17-9-6-5-7-10-17;4-2(5)1-3(6)7/h5-13,18,24-25H,14-15H2,1-4H3;1H2,(H,4,5)(H,6,7). The minimum absolute atomic E-state index is 0.0881. The highest BCUT2D eigenvalue weighted by atomic mass is 16.6. The van der Waals surface area contributed by atoms with Gasteiger partial charge in [0, 0.05) is 28.7 Å². The largest absolute Gasteiger partial charge is 0.489 e. The van der Waals surface area contributed by atoms with Crippen molar-refractivity contribution in [1.82, 2.24) is 10.3 Å². The van der Waals surface area contributed by atoms with Gasteiger partial charge in [0.25, 0.3) is 0 Å². The predicted molar refractivity (Wildman–Crippen MR) is 132 cm³/mol. The van der Waals surface area contributed by atoms with E-state index in [1.807, 2.05) is 43.3 Å². The number of fused-ring (bicyclic) bond motifs is 1. The highest BCUT2D eigenvalue weighted by Crippen LogP contribution is 2.26. The average Bonchev–Trinajstić information content (AvgIpc) is 3.16. The lowest BCUT2D eigenvalue weighted by Crippen LogP contribution is -2.44. The number of nitrogens with one attached hydrogen (secondary N) is 2. The Bertz CT molecular complexity index is 1120. The number of aromatic nitrogens is 1. The van der Waals surface area contributed by atoms with Gasteiger partial charge >= 0.3 is 17.9 Å². The number of carbonyl (C=O) groups excluding carboxylic acids is 1. The fourth-order valence-corrected chi connectivity index (χ4v) is 3.05. The molecular formula is C26H32N2O7. The van der Waals surface area contributed by atoms with E-state index >= 15 is 0 Å². The van der Waals surface area contributed by atoms with Gasteiger partial charge in [-0.25, -0.2) is 4.79 Å². The van der Waals surface area contributed by atoms with E-state index in [0.29, 0.717) is 12.1 Å². The number of rotatable bonds is 9. The molecule has 0 radical (unpaired) electrons. The molecular weight excluding hydrogens is 452 g/mol. The molecule has 0 aliphatic rings. The number of carboxylic acid groups (broad SMARTS) is 2. The third-order valence-electron chi connectivity index (χ3n) is 4.63. The Labute approximate surface area is 204 Å². The Kier molecular flexibility index (Phi) is 9.84. The molecule has 9 nitrogen and oxygen atoms in total. The summed E-state index contributed by atoms with van der Waals surface area (Å²) in [7, 11) is 0. The molecule has 3 rings (SSSR count). The van der Waals surface area contributed by atoms with Crippen molar-refractivity contribution in [2.24, 2.45) is 0 Å². The van der Waals surface area contributed by atoms with Gasteiger partial charge < -0.3 is 30.0 Å². The second-order valence-electron chi connectivity index (χ2n) is 8.97. The van der Waals surface area contributed by atoms with E-state index in [1.54, 1.807) is 12.1 Å². The van der Waals surface area contributed by atoms with Gasteiger partial charge in [-0.15, -0.1) is 0 Å². The number of carbonyl (C=O) groups is 3. The molecule has 188 valence electrons. The van der Waals surface area contributed by atoms with Crippen molar-refractivity contribution in [2.45, 2.75) is 45.8 Å². The molecule has 4 N–H and O–H groups in total. The normalized spacial score (nSPS) is 11.8. The third-order valence-corrected chi connectivity index (χ3v) is 4.63. The van der Waals surface area contributed by atoms with Crippen LogP contribution in [-0.4, -0.2) is 57.9 Å². The summed E-state index contributed by atoms with van der Waals surface area (Å²) in [5, 5.41) is 19.8. The smallest absolute Gasteiger partial charge is 0.338 e. The number of aromatic amines is 1. The third kappa shape index (κ3) is 9.89. The summed E-state index contributed by atoms with van der Waals surface area (Å²) in [6.07, 6.45) is -1.22. The monoisotopic (exact) mass is 484 g/mol. The molecule has 0 fully saturated rings. The molecule has 1 atom stereocenters. The van der Waals surface area contributed by atoms with Crippen LogP contribution in [0.2, 0.25) is 0 Å². The number of hydrogen-bond acceptors (Lipinski definition) is 6. The molecule has 9 heteroatoms. The summed E-state index contributed by atoms with van der Waals surface area (Å²) in [4.78, 5) is 34.7. The van der Waals surface area contributed by atoms with E-state index in [9.17, 15) is 14.4 Å². The first-order valence-corrected chi connectivity index (χ1v) is 11.1. The summed E-state index contributed by atoms with van der Waals surface area (Å²) in [5.74, 6) is -2.20. The first-order valence-electron chi connectivity index (χ1n) is 11.1. The summed E-state index contributed by atoms with van der Waals surface area (Å²) < 4.78 is 11.8. The van der Waals surface area contributed by atoms with Gasteiger partial charge in [-0.3, -0.25) is 9.59 Å². The second-order valence-corrected chi connectivity index (χ2v) is 8.97. The van der Waals surface area contributed by atoms with Gasteiger partial charge in [-0.2, -0.15) is 0 Å². The summed E-state index contributed by atoms with van der Waals surface area (Å²) in [6, 6.07) is 17.0. The molecule has 1 unspecified atom stereocenters. The van der Waals surface area contributed by atoms with E-state index in [0.717, 1.165) is 22.3 Å². The summed E-state index contributed by atoms with van der Waals surface area (Å²) in [5.41, 5.74) is 2.55. The highest BCUT2D eigenvalue weighted by Gasteiger charge is 2.20. The maximum atomic E-state index is 12.5. The Morgan fingerprint density at radius 2 is 1.66 bits per heavy atom. The minimum atomic E-state index is -1.31. The molecule has 2 aromatic carbocycles. The maximum absolute atomic E-state index is 12.5. The quantitative estimate of drug-likeness (QED) is 0.264. The van der Waals surface area contributed by atoms with Crippen LogP contribution in [0.4, 0.5) is 0 Å². The van der Waals surface area contributed by atoms with Crippen LogP contribution >= 0.6 is 0 Å². The van der Waals surface area contributed by atoms with Crippen molar-refractivity contribution in [1.29, 1.82) is 0 Å². The second kappa shape index (κ2) is 12.6. The highest BCUT2D eigenvalue weighted by molar-refractivity contribution is 5.89. The molecule has 0 aliphatic heterocycles. The number of hydrogen-bond donors (Lipinski definition) is 4. The summed E-state index contributed by atoms with van der Waals surface area (Å²) in [6.45, 7) is 9.02. The fraction of sp³-hybridized carbons (Fsp3) is 0.346. The molecule has 35 heavy (non-hydrogen) atoms. The van der Waals surface area contributed by atoms with Crippen molar-refractivity contribution < 1.29 is 34.1 Å². The lowest BCUT2D eigenvalue weighted by molar-refractivity contribution is -0.147. The van der Waals surface area contributed by atoms with E-state index in [1.165, 1.54) is 0 Å². The first-order chi connectivity index (χ1) is 16.4. The van der Waals surface area contributed by atoms with Crippen LogP contribution in [-0.2, 0) is 14.3 Å². The van der Waals surface area contributed by atoms with Crippen molar-refractivity contribution in [3.8, 4) is 5.75 Å². The Hall–Kier alpha value is -3.85. The Morgan fingerprint density at radius 3 is 2.23 bits per heavy atom. The number of benzene rings is 2. The Balaban J connectivity index is 0.000000540. The van der Waals surface area contributed by atoms with Crippen LogP contribution < -0.4 is 10.1 Å². The van der Waals surface area contributed by atoms with Crippen LogP contribution in [0, 0.1) is 6.92 Å². The zero-order chi connectivity index (χ0) is 26.0. The first kappa shape index (κ1) is 27.4. The number of aryl methyl sites for hydroxylation is 1. The van der Waals surface area contributed by atoms with Crippen LogP contribution in [0.3, 0.4) is 0 Å². The Morgan fingerprint density at radius 1 is 1.00 bits per heavy atom. The minimum Gasteiger partial charge on any atom is -0.489 e. The number of ether oxygens (including phenoxy) is 2. The van der Waals surface area contributed by atoms with E-state index in [-0.39, 0.29) is 18.1 Å². The van der Waals surface area contributed by atoms with Gasteiger partial charge in [-0.05, 0) is 58.0 Å². The predicted octanol–water partition coefficient (Wildman–Crippen LogP) is 4.01. The van der Waals surface area contributed by atoms with E-state index in [4.69, 9.17) is 19.7 Å². The molecule has 3 aromatic rings. The molecule has 1 heterocycles. The van der Waals surface area contributed by atoms with Crippen LogP contribution in [0.15, 0.2) is 54.6 Å². The number of aliphatic carboxylic acids is 2. The van der Waals surface area contributed by atoms with Crippen LogP contribution in [0.5, 0.6) is 5.75 Å². The zero-order valence-electron chi connectivity index (χ0n) is 20.3. The van der Waals surface area contributed by atoms with Gasteiger partial charge in [0.1, 0.15) is 24.9 Å². The van der Waals surface area contributed by atoms with Gasteiger partial charge in [-0.1, -0.05) is 24.3 Å². The van der Waals surface area contributed by atoms with Crippen molar-refractivity contribution in [3.63, 3.8) is 0 Å². The zero-order valence-corrected chi connectivity index (χ0v) is 20.3.